The van der Waals surface area contributed by atoms with Crippen LogP contribution in [0.5, 0.6) is 0 Å². The molecule has 0 bridgehead atoms. The first-order chi connectivity index (χ1) is 6.86. The fourth-order valence-corrected chi connectivity index (χ4v) is 1.07. The van der Waals surface area contributed by atoms with Crippen LogP contribution in [0.1, 0.15) is 23.2 Å². The van der Waals surface area contributed by atoms with Crippen LogP contribution in [0.3, 0.4) is 0 Å². The molecule has 0 aliphatic carbocycles. The number of aryl methyl sites for hydroxylation is 1. The molecule has 1 rings (SSSR count). The highest BCUT2D eigenvalue weighted by Crippen LogP contribution is 2.27. The van der Waals surface area contributed by atoms with E-state index in [0.29, 0.717) is 0 Å². The molecule has 0 aromatic carbocycles. The highest BCUT2D eigenvalue weighted by molar-refractivity contribution is 5.19. The third kappa shape index (κ3) is 2.63. The number of rotatable bonds is 2. The smallest absolute Gasteiger partial charge is 0.387 e. The molecule has 0 aliphatic heterocycles. The third-order valence-electron chi connectivity index (χ3n) is 1.85. The van der Waals surface area contributed by atoms with Gasteiger partial charge in [-0.15, -0.1) is 0 Å². The van der Waals surface area contributed by atoms with Crippen molar-refractivity contribution in [3.05, 3.63) is 23.3 Å². The van der Waals surface area contributed by atoms with Crippen molar-refractivity contribution in [2.45, 2.75) is 19.2 Å². The molecule has 0 spiro atoms. The Bertz CT molecular complexity index is 353. The topological polar surface area (TPSA) is 72.0 Å². The van der Waals surface area contributed by atoms with Gasteiger partial charge in [-0.1, -0.05) is 0 Å². The number of halogens is 3. The van der Waals surface area contributed by atoms with Crippen LogP contribution in [-0.2, 0) is 6.18 Å². The predicted molar refractivity (Wildman–Crippen MR) is 45.8 cm³/mol. The molecule has 1 heterocycles. The summed E-state index contributed by atoms with van der Waals surface area (Å²) in [6.07, 6.45) is -4.66. The Kier molecular flexibility index (Phi) is 3.25. The monoisotopic (exact) mass is 221 g/mol. The van der Waals surface area contributed by atoms with Gasteiger partial charge < -0.3 is 10.8 Å². The van der Waals surface area contributed by atoms with Gasteiger partial charge in [0.1, 0.15) is 0 Å². The van der Waals surface area contributed by atoms with Crippen LogP contribution in [0.2, 0.25) is 0 Å². The molecule has 84 valence electrons. The number of nitrogens with two attached hydrogens (primary N) is 1. The van der Waals surface area contributed by atoms with Crippen molar-refractivity contribution >= 4 is 0 Å². The zero-order valence-electron chi connectivity index (χ0n) is 7.91. The van der Waals surface area contributed by atoms with Crippen LogP contribution in [0.15, 0.2) is 6.20 Å². The molecule has 1 aromatic heterocycles. The summed E-state index contributed by atoms with van der Waals surface area (Å²) in [4.78, 5) is 6.39. The Labute approximate surface area is 84.0 Å². The molecular weight excluding hydrogens is 211 g/mol. The Balaban J connectivity index is 3.09. The van der Waals surface area contributed by atoms with Gasteiger partial charge in [-0.2, -0.15) is 13.2 Å². The van der Waals surface area contributed by atoms with Crippen molar-refractivity contribution in [3.63, 3.8) is 0 Å². The molecule has 0 radical (unpaired) electrons. The highest BCUT2D eigenvalue weighted by atomic mass is 19.4. The fourth-order valence-electron chi connectivity index (χ4n) is 1.07. The fraction of sp³-hybridized carbons (Fsp3) is 0.500. The van der Waals surface area contributed by atoms with E-state index >= 15 is 0 Å². The minimum atomic E-state index is -4.57. The lowest BCUT2D eigenvalue weighted by molar-refractivity contribution is -0.145. The molecule has 1 aromatic rings. The van der Waals surface area contributed by atoms with Crippen LogP contribution in [0, 0.1) is 6.92 Å². The van der Waals surface area contributed by atoms with Gasteiger partial charge in [0.2, 0.25) is 5.82 Å². The van der Waals surface area contributed by atoms with Crippen molar-refractivity contribution < 1.29 is 18.3 Å². The number of hydrogen-bond acceptors (Lipinski definition) is 4. The Morgan fingerprint density at radius 2 is 2.13 bits per heavy atom. The van der Waals surface area contributed by atoms with Gasteiger partial charge in [-0.3, -0.25) is 0 Å². The normalized spacial score (nSPS) is 14.0. The molecule has 1 unspecified atom stereocenters. The number of aliphatic hydroxyl groups is 1. The summed E-state index contributed by atoms with van der Waals surface area (Å²) in [6, 6.07) is 0. The van der Waals surface area contributed by atoms with Crippen LogP contribution in [0.4, 0.5) is 13.2 Å². The van der Waals surface area contributed by atoms with Crippen molar-refractivity contribution in [2.75, 3.05) is 6.54 Å². The van der Waals surface area contributed by atoms with E-state index in [1.807, 2.05) is 0 Å². The lowest BCUT2D eigenvalue weighted by Gasteiger charge is -2.12. The lowest BCUT2D eigenvalue weighted by atomic mass is 10.1. The van der Waals surface area contributed by atoms with Gasteiger partial charge in [0.15, 0.2) is 0 Å². The summed E-state index contributed by atoms with van der Waals surface area (Å²) in [5.41, 5.74) is 5.46. The Morgan fingerprint density at radius 3 is 2.53 bits per heavy atom. The van der Waals surface area contributed by atoms with Gasteiger partial charge in [0.05, 0.1) is 6.10 Å². The molecule has 4 nitrogen and oxygen atoms in total. The maximum absolute atomic E-state index is 12.2. The largest absolute Gasteiger partial charge is 0.451 e. The molecule has 0 aliphatic rings. The molecule has 15 heavy (non-hydrogen) atoms. The summed E-state index contributed by atoms with van der Waals surface area (Å²) in [5.74, 6) is -1.21. The van der Waals surface area contributed by atoms with Crippen LogP contribution >= 0.6 is 0 Å². The van der Waals surface area contributed by atoms with Crippen molar-refractivity contribution in [1.82, 2.24) is 9.97 Å². The van der Waals surface area contributed by atoms with E-state index in [-0.39, 0.29) is 17.8 Å². The van der Waals surface area contributed by atoms with E-state index in [2.05, 4.69) is 9.97 Å². The summed E-state index contributed by atoms with van der Waals surface area (Å²) < 4.78 is 36.5. The average Bonchev–Trinajstić information content (AvgIpc) is 2.15. The zero-order chi connectivity index (χ0) is 11.6. The van der Waals surface area contributed by atoms with E-state index in [1.54, 1.807) is 0 Å². The second-order valence-corrected chi connectivity index (χ2v) is 2.98. The molecule has 0 saturated carbocycles. The number of alkyl halides is 3. The van der Waals surface area contributed by atoms with Crippen LogP contribution in [-0.4, -0.2) is 21.6 Å². The molecule has 1 atom stereocenters. The summed E-state index contributed by atoms with van der Waals surface area (Å²) in [5, 5.41) is 9.32. The van der Waals surface area contributed by atoms with E-state index in [1.165, 1.54) is 6.92 Å². The van der Waals surface area contributed by atoms with Gasteiger partial charge >= 0.3 is 6.18 Å². The maximum atomic E-state index is 12.2. The zero-order valence-corrected chi connectivity index (χ0v) is 7.91. The molecule has 7 heteroatoms. The quantitative estimate of drug-likeness (QED) is 0.774. The number of aromatic nitrogens is 2. The first-order valence-corrected chi connectivity index (χ1v) is 4.15. The second-order valence-electron chi connectivity index (χ2n) is 2.98. The SMILES string of the molecule is Cc1nc(C(F)(F)F)ncc1C(O)CN. The standard InChI is InChI=1S/C8H10F3N3O/c1-4-5(6(15)2-12)3-13-7(14-4)8(9,10)11/h3,6,15H,2,12H2,1H3. The Morgan fingerprint density at radius 1 is 1.53 bits per heavy atom. The maximum Gasteiger partial charge on any atom is 0.451 e. The van der Waals surface area contributed by atoms with Gasteiger partial charge in [0, 0.05) is 24.0 Å². The van der Waals surface area contributed by atoms with Gasteiger partial charge in [-0.25, -0.2) is 9.97 Å². The first kappa shape index (κ1) is 11.9. The van der Waals surface area contributed by atoms with E-state index < -0.39 is 18.1 Å². The van der Waals surface area contributed by atoms with Crippen molar-refractivity contribution in [1.29, 1.82) is 0 Å². The van der Waals surface area contributed by atoms with Gasteiger partial charge in [0.25, 0.3) is 0 Å². The minimum Gasteiger partial charge on any atom is -0.387 e. The van der Waals surface area contributed by atoms with E-state index in [4.69, 9.17) is 5.73 Å². The number of aliphatic hydroxyl groups excluding tert-OH is 1. The minimum absolute atomic E-state index is 0.0790. The average molecular weight is 221 g/mol. The first-order valence-electron chi connectivity index (χ1n) is 4.15. The summed E-state index contributed by atoms with van der Waals surface area (Å²) >= 11 is 0. The molecular formula is C8H10F3N3O. The predicted octanol–water partition coefficient (Wildman–Crippen LogP) is 0.796. The Hall–Kier alpha value is -1.21. The summed E-state index contributed by atoms with van der Waals surface area (Å²) in [6.45, 7) is 1.28. The summed E-state index contributed by atoms with van der Waals surface area (Å²) in [7, 11) is 0. The molecule has 0 fully saturated rings. The van der Waals surface area contributed by atoms with Crippen LogP contribution in [0.25, 0.3) is 0 Å². The highest BCUT2D eigenvalue weighted by Gasteiger charge is 2.35. The van der Waals surface area contributed by atoms with Gasteiger partial charge in [-0.05, 0) is 6.92 Å². The molecule has 3 N–H and O–H groups in total. The molecule has 0 amide bonds. The van der Waals surface area contributed by atoms with Crippen molar-refractivity contribution in [3.8, 4) is 0 Å². The lowest BCUT2D eigenvalue weighted by Crippen LogP contribution is -2.17. The van der Waals surface area contributed by atoms with Crippen LogP contribution < -0.4 is 5.73 Å². The van der Waals surface area contributed by atoms with E-state index in [0.717, 1.165) is 6.20 Å². The number of nitrogens with zero attached hydrogens (tertiary/aromatic N) is 2. The third-order valence-corrected chi connectivity index (χ3v) is 1.85. The van der Waals surface area contributed by atoms with E-state index in [9.17, 15) is 18.3 Å². The van der Waals surface area contributed by atoms with Crippen molar-refractivity contribution in [2.24, 2.45) is 5.73 Å². The molecule has 0 saturated heterocycles. The second kappa shape index (κ2) is 4.11. The number of hydrogen-bond donors (Lipinski definition) is 2.